The fourth-order valence-corrected chi connectivity index (χ4v) is 3.18. The van der Waals surface area contributed by atoms with Crippen molar-refractivity contribution >= 4 is 27.9 Å². The second-order valence-electron chi connectivity index (χ2n) is 6.84. The van der Waals surface area contributed by atoms with E-state index in [9.17, 15) is 9.59 Å². The first-order valence-electron chi connectivity index (χ1n) is 10.3. The number of benzene rings is 1. The molecule has 1 aromatic rings. The summed E-state index contributed by atoms with van der Waals surface area (Å²) < 4.78 is 11.5. The molecule has 0 N–H and O–H groups in total. The molecule has 0 aliphatic rings. The summed E-state index contributed by atoms with van der Waals surface area (Å²) in [6, 6.07) is 5.19. The average molecular weight is 441 g/mol. The van der Waals surface area contributed by atoms with Crippen LogP contribution in [0.2, 0.25) is 0 Å². The third kappa shape index (κ3) is 10.5. The van der Waals surface area contributed by atoms with Gasteiger partial charge in [-0.15, -0.1) is 0 Å². The molecule has 152 valence electrons. The van der Waals surface area contributed by atoms with Gasteiger partial charge in [0.15, 0.2) is 11.5 Å². The number of hydrogen-bond acceptors (Lipinski definition) is 4. The summed E-state index contributed by atoms with van der Waals surface area (Å²) in [5.74, 6) is -0.00520. The minimum absolute atomic E-state index is 0.287. The molecule has 0 aliphatic heterocycles. The van der Waals surface area contributed by atoms with E-state index in [0.717, 1.165) is 38.5 Å². The van der Waals surface area contributed by atoms with Crippen molar-refractivity contribution in [2.75, 3.05) is 0 Å². The number of unbranched alkanes of at least 4 members (excludes halogenated alkanes) is 8. The molecular formula is C22H33BrO4. The third-order valence-corrected chi connectivity index (χ3v) is 4.96. The minimum atomic E-state index is -0.296. The van der Waals surface area contributed by atoms with Crippen molar-refractivity contribution in [3.63, 3.8) is 0 Å². The first-order valence-corrected chi connectivity index (χ1v) is 11.1. The molecule has 1 aromatic carbocycles. The van der Waals surface area contributed by atoms with Crippen LogP contribution in [0, 0.1) is 0 Å². The maximum absolute atomic E-state index is 12.1. The van der Waals surface area contributed by atoms with Gasteiger partial charge in [-0.25, -0.2) is 0 Å². The van der Waals surface area contributed by atoms with Crippen molar-refractivity contribution in [3.8, 4) is 11.5 Å². The minimum Gasteiger partial charge on any atom is -0.422 e. The molecular weight excluding hydrogens is 408 g/mol. The Labute approximate surface area is 172 Å². The molecule has 27 heavy (non-hydrogen) atoms. The van der Waals surface area contributed by atoms with Crippen LogP contribution in [0.25, 0.3) is 0 Å². The Morgan fingerprint density at radius 2 is 1.30 bits per heavy atom. The van der Waals surface area contributed by atoms with E-state index in [1.165, 1.54) is 25.7 Å². The second-order valence-corrected chi connectivity index (χ2v) is 7.70. The predicted octanol–water partition coefficient (Wildman–Crippen LogP) is 6.98. The fourth-order valence-electron chi connectivity index (χ4n) is 2.75. The van der Waals surface area contributed by atoms with Gasteiger partial charge in [-0.05, 0) is 40.9 Å². The monoisotopic (exact) mass is 440 g/mol. The van der Waals surface area contributed by atoms with Crippen LogP contribution in [0.1, 0.15) is 90.9 Å². The summed E-state index contributed by atoms with van der Waals surface area (Å²) in [6.07, 6.45) is 11.5. The third-order valence-electron chi connectivity index (χ3n) is 4.34. The molecule has 0 radical (unpaired) electrons. The molecule has 0 spiro atoms. The van der Waals surface area contributed by atoms with E-state index in [1.54, 1.807) is 18.2 Å². The van der Waals surface area contributed by atoms with Crippen LogP contribution in [-0.4, -0.2) is 11.9 Å². The molecule has 0 saturated carbocycles. The predicted molar refractivity (Wildman–Crippen MR) is 112 cm³/mol. The van der Waals surface area contributed by atoms with E-state index >= 15 is 0 Å². The first-order chi connectivity index (χ1) is 13.1. The number of halogens is 1. The van der Waals surface area contributed by atoms with Gasteiger partial charge in [0.2, 0.25) is 0 Å². The molecule has 0 atom stereocenters. The van der Waals surface area contributed by atoms with Crippen LogP contribution < -0.4 is 9.47 Å². The maximum Gasteiger partial charge on any atom is 0.311 e. The SMILES string of the molecule is CCCCCCCC(=O)Oc1cccc(Br)c1OC(=O)CCCCCCC. The van der Waals surface area contributed by atoms with Crippen molar-refractivity contribution in [1.29, 1.82) is 0 Å². The van der Waals surface area contributed by atoms with Crippen molar-refractivity contribution < 1.29 is 19.1 Å². The number of esters is 2. The van der Waals surface area contributed by atoms with Crippen molar-refractivity contribution in [2.24, 2.45) is 0 Å². The molecule has 0 fully saturated rings. The number of ether oxygens (including phenoxy) is 2. The highest BCUT2D eigenvalue weighted by Crippen LogP contribution is 2.35. The second kappa shape index (κ2) is 14.7. The van der Waals surface area contributed by atoms with Gasteiger partial charge < -0.3 is 9.47 Å². The zero-order chi connectivity index (χ0) is 19.9. The van der Waals surface area contributed by atoms with E-state index < -0.39 is 0 Å². The normalized spacial score (nSPS) is 10.6. The molecule has 0 unspecified atom stereocenters. The van der Waals surface area contributed by atoms with E-state index in [4.69, 9.17) is 9.47 Å². The Morgan fingerprint density at radius 3 is 1.85 bits per heavy atom. The van der Waals surface area contributed by atoms with Crippen LogP contribution in [0.15, 0.2) is 22.7 Å². The van der Waals surface area contributed by atoms with Gasteiger partial charge in [0.1, 0.15) is 0 Å². The van der Waals surface area contributed by atoms with Crippen LogP contribution in [0.5, 0.6) is 11.5 Å². The van der Waals surface area contributed by atoms with E-state index in [1.807, 2.05) is 0 Å². The van der Waals surface area contributed by atoms with Gasteiger partial charge in [-0.2, -0.15) is 0 Å². The Morgan fingerprint density at radius 1 is 0.778 bits per heavy atom. The molecule has 1 rings (SSSR count). The highest BCUT2D eigenvalue weighted by molar-refractivity contribution is 9.10. The molecule has 0 heterocycles. The van der Waals surface area contributed by atoms with Crippen LogP contribution in [-0.2, 0) is 9.59 Å². The molecule has 0 amide bonds. The Kier molecular flexibility index (Phi) is 12.9. The van der Waals surface area contributed by atoms with Gasteiger partial charge in [0.25, 0.3) is 0 Å². The smallest absolute Gasteiger partial charge is 0.311 e. The number of para-hydroxylation sites is 1. The molecule has 0 aliphatic carbocycles. The van der Waals surface area contributed by atoms with Crippen LogP contribution >= 0.6 is 15.9 Å². The summed E-state index contributed by atoms with van der Waals surface area (Å²) in [5, 5.41) is 0. The van der Waals surface area contributed by atoms with Gasteiger partial charge in [-0.1, -0.05) is 71.3 Å². The first kappa shape index (κ1) is 23.7. The number of carbonyl (C=O) groups excluding carboxylic acids is 2. The molecule has 5 heteroatoms. The highest BCUT2D eigenvalue weighted by atomic mass is 79.9. The summed E-state index contributed by atoms with van der Waals surface area (Å²) in [7, 11) is 0. The standard InChI is InChI=1S/C22H33BrO4/c1-3-5-7-9-11-16-20(24)26-19-15-13-14-18(23)22(19)27-21(25)17-12-10-8-6-4-2/h13-15H,3-12,16-17H2,1-2H3. The Balaban J connectivity index is 2.50. The molecule has 0 saturated heterocycles. The van der Waals surface area contributed by atoms with Gasteiger partial charge in [0.05, 0.1) is 4.47 Å². The van der Waals surface area contributed by atoms with Crippen molar-refractivity contribution in [1.82, 2.24) is 0 Å². The van der Waals surface area contributed by atoms with E-state index in [2.05, 4.69) is 29.8 Å². The topological polar surface area (TPSA) is 52.6 Å². The van der Waals surface area contributed by atoms with Crippen LogP contribution in [0.4, 0.5) is 0 Å². The molecule has 4 nitrogen and oxygen atoms in total. The molecule has 0 bridgehead atoms. The lowest BCUT2D eigenvalue weighted by molar-refractivity contribution is -0.137. The van der Waals surface area contributed by atoms with Crippen molar-refractivity contribution in [2.45, 2.75) is 90.9 Å². The number of hydrogen-bond donors (Lipinski definition) is 0. The zero-order valence-electron chi connectivity index (χ0n) is 16.7. The summed E-state index contributed by atoms with van der Waals surface area (Å²) in [6.45, 7) is 4.32. The number of rotatable bonds is 14. The van der Waals surface area contributed by atoms with Gasteiger partial charge >= 0.3 is 11.9 Å². The lowest BCUT2D eigenvalue weighted by Gasteiger charge is -2.12. The Bertz CT molecular complexity index is 571. The maximum atomic E-state index is 12.1. The zero-order valence-corrected chi connectivity index (χ0v) is 18.3. The quantitative estimate of drug-likeness (QED) is 0.178. The van der Waals surface area contributed by atoms with Gasteiger partial charge in [-0.3, -0.25) is 9.59 Å². The largest absolute Gasteiger partial charge is 0.422 e. The highest BCUT2D eigenvalue weighted by Gasteiger charge is 2.16. The lowest BCUT2D eigenvalue weighted by atomic mass is 10.1. The lowest BCUT2D eigenvalue weighted by Crippen LogP contribution is -2.12. The van der Waals surface area contributed by atoms with E-state index in [0.29, 0.717) is 23.1 Å². The summed E-state index contributed by atoms with van der Waals surface area (Å²) in [4.78, 5) is 24.2. The van der Waals surface area contributed by atoms with Crippen molar-refractivity contribution in [3.05, 3.63) is 22.7 Å². The number of carbonyl (C=O) groups is 2. The Hall–Kier alpha value is -1.36. The van der Waals surface area contributed by atoms with Crippen LogP contribution in [0.3, 0.4) is 0 Å². The summed E-state index contributed by atoms with van der Waals surface area (Å²) >= 11 is 3.38. The summed E-state index contributed by atoms with van der Waals surface area (Å²) in [5.41, 5.74) is 0. The fraction of sp³-hybridized carbons (Fsp3) is 0.636. The molecule has 0 aromatic heterocycles. The van der Waals surface area contributed by atoms with Gasteiger partial charge in [0, 0.05) is 12.8 Å². The average Bonchev–Trinajstić information content (AvgIpc) is 2.64. The van der Waals surface area contributed by atoms with E-state index in [-0.39, 0.29) is 17.7 Å².